The van der Waals surface area contributed by atoms with E-state index in [0.29, 0.717) is 23.5 Å². The van der Waals surface area contributed by atoms with Gasteiger partial charge in [0.05, 0.1) is 18.4 Å². The van der Waals surface area contributed by atoms with Crippen LogP contribution in [0.3, 0.4) is 0 Å². The lowest BCUT2D eigenvalue weighted by Crippen LogP contribution is -2.13. The molecule has 0 fully saturated rings. The van der Waals surface area contributed by atoms with Crippen molar-refractivity contribution in [3.63, 3.8) is 0 Å². The average molecular weight is 271 g/mol. The summed E-state index contributed by atoms with van der Waals surface area (Å²) in [7, 11) is 1.56. The van der Waals surface area contributed by atoms with Crippen LogP contribution in [0.2, 0.25) is 0 Å². The summed E-state index contributed by atoms with van der Waals surface area (Å²) in [5.41, 5.74) is 8.57. The third-order valence-corrected chi connectivity index (χ3v) is 2.89. The van der Waals surface area contributed by atoms with Gasteiger partial charge in [-0.05, 0) is 36.2 Å². The molecule has 0 radical (unpaired) electrons. The van der Waals surface area contributed by atoms with Crippen LogP contribution < -0.4 is 15.8 Å². The van der Waals surface area contributed by atoms with E-state index in [0.717, 1.165) is 11.1 Å². The van der Waals surface area contributed by atoms with Crippen LogP contribution in [0.5, 0.6) is 5.75 Å². The van der Waals surface area contributed by atoms with Crippen molar-refractivity contribution < 1.29 is 9.53 Å². The summed E-state index contributed by atoms with van der Waals surface area (Å²) in [5, 5.41) is 2.81. The lowest BCUT2D eigenvalue weighted by atomic mass is 10.1. The number of hydrogen-bond acceptors (Lipinski definition) is 4. The number of hydrogen-bond donors (Lipinski definition) is 2. The molecule has 0 aliphatic rings. The number of rotatable bonds is 4. The molecular formula is C15H17N3O2. The van der Waals surface area contributed by atoms with E-state index >= 15 is 0 Å². The maximum absolute atomic E-state index is 12.2. The van der Waals surface area contributed by atoms with Gasteiger partial charge in [0.1, 0.15) is 5.75 Å². The zero-order valence-corrected chi connectivity index (χ0v) is 11.5. The fourth-order valence-electron chi connectivity index (χ4n) is 1.84. The van der Waals surface area contributed by atoms with E-state index in [1.165, 1.54) is 6.20 Å². The van der Waals surface area contributed by atoms with Crippen LogP contribution in [0.15, 0.2) is 36.7 Å². The number of amides is 1. The molecule has 0 saturated carbocycles. The largest absolute Gasteiger partial charge is 0.495 e. The molecule has 0 saturated heterocycles. The summed E-state index contributed by atoms with van der Waals surface area (Å²) in [6, 6.07) is 7.22. The SMILES string of the molecule is COc1cc(CN)ccc1NC(=O)c1cncc(C)c1. The van der Waals surface area contributed by atoms with Gasteiger partial charge in [0, 0.05) is 18.9 Å². The maximum Gasteiger partial charge on any atom is 0.257 e. The number of aryl methyl sites for hydroxylation is 1. The average Bonchev–Trinajstić information content (AvgIpc) is 2.47. The van der Waals surface area contributed by atoms with Crippen LogP contribution in [-0.2, 0) is 6.54 Å². The van der Waals surface area contributed by atoms with Crippen molar-refractivity contribution in [2.45, 2.75) is 13.5 Å². The minimum atomic E-state index is -0.222. The van der Waals surface area contributed by atoms with E-state index in [-0.39, 0.29) is 5.91 Å². The van der Waals surface area contributed by atoms with E-state index in [4.69, 9.17) is 10.5 Å². The van der Waals surface area contributed by atoms with Crippen molar-refractivity contribution in [1.82, 2.24) is 4.98 Å². The van der Waals surface area contributed by atoms with Gasteiger partial charge in [-0.15, -0.1) is 0 Å². The second-order valence-corrected chi connectivity index (χ2v) is 4.44. The highest BCUT2D eigenvalue weighted by atomic mass is 16.5. The summed E-state index contributed by atoms with van der Waals surface area (Å²) in [5.74, 6) is 0.363. The molecule has 0 spiro atoms. The molecule has 0 aliphatic carbocycles. The molecule has 104 valence electrons. The van der Waals surface area contributed by atoms with Crippen molar-refractivity contribution in [1.29, 1.82) is 0 Å². The molecule has 1 heterocycles. The molecule has 3 N–H and O–H groups in total. The van der Waals surface area contributed by atoms with Crippen molar-refractivity contribution in [3.05, 3.63) is 53.3 Å². The fourth-order valence-corrected chi connectivity index (χ4v) is 1.84. The highest BCUT2D eigenvalue weighted by molar-refractivity contribution is 6.04. The zero-order chi connectivity index (χ0) is 14.5. The number of benzene rings is 1. The molecule has 1 amide bonds. The Morgan fingerprint density at radius 1 is 1.35 bits per heavy atom. The smallest absolute Gasteiger partial charge is 0.257 e. The number of pyridine rings is 1. The number of methoxy groups -OCH3 is 1. The van der Waals surface area contributed by atoms with E-state index < -0.39 is 0 Å². The molecular weight excluding hydrogens is 254 g/mol. The van der Waals surface area contributed by atoms with Crippen LogP contribution in [0.1, 0.15) is 21.5 Å². The van der Waals surface area contributed by atoms with Crippen molar-refractivity contribution >= 4 is 11.6 Å². The van der Waals surface area contributed by atoms with Crippen molar-refractivity contribution in [3.8, 4) is 5.75 Å². The van der Waals surface area contributed by atoms with Gasteiger partial charge in [0.25, 0.3) is 5.91 Å². The number of nitrogens with one attached hydrogen (secondary N) is 1. The minimum Gasteiger partial charge on any atom is -0.495 e. The molecule has 1 aromatic heterocycles. The second-order valence-electron chi connectivity index (χ2n) is 4.44. The highest BCUT2D eigenvalue weighted by Gasteiger charge is 2.10. The molecule has 20 heavy (non-hydrogen) atoms. The molecule has 0 unspecified atom stereocenters. The molecule has 0 atom stereocenters. The molecule has 2 aromatic rings. The van der Waals surface area contributed by atoms with Gasteiger partial charge in [0.15, 0.2) is 0 Å². The van der Waals surface area contributed by atoms with Crippen molar-refractivity contribution in [2.24, 2.45) is 5.73 Å². The molecule has 5 nitrogen and oxygen atoms in total. The van der Waals surface area contributed by atoms with Gasteiger partial charge in [-0.1, -0.05) is 6.07 Å². The Morgan fingerprint density at radius 3 is 2.80 bits per heavy atom. The van der Waals surface area contributed by atoms with Crippen LogP contribution in [0.4, 0.5) is 5.69 Å². The number of carbonyl (C=O) groups is 1. The maximum atomic E-state index is 12.2. The first-order valence-electron chi connectivity index (χ1n) is 6.24. The summed E-state index contributed by atoms with van der Waals surface area (Å²) in [6.45, 7) is 2.31. The first-order chi connectivity index (χ1) is 9.63. The van der Waals surface area contributed by atoms with Gasteiger partial charge in [-0.25, -0.2) is 0 Å². The predicted molar refractivity (Wildman–Crippen MR) is 77.8 cm³/mol. The van der Waals surface area contributed by atoms with Crippen LogP contribution in [0.25, 0.3) is 0 Å². The van der Waals surface area contributed by atoms with Gasteiger partial charge in [-0.2, -0.15) is 0 Å². The number of ether oxygens (including phenoxy) is 1. The van der Waals surface area contributed by atoms with E-state index in [1.807, 2.05) is 19.1 Å². The summed E-state index contributed by atoms with van der Waals surface area (Å²) < 4.78 is 5.26. The molecule has 1 aromatic carbocycles. The third-order valence-electron chi connectivity index (χ3n) is 2.89. The molecule has 5 heteroatoms. The topological polar surface area (TPSA) is 77.2 Å². The number of carbonyl (C=O) groups excluding carboxylic acids is 1. The van der Waals surface area contributed by atoms with E-state index in [2.05, 4.69) is 10.3 Å². The first kappa shape index (κ1) is 14.0. The van der Waals surface area contributed by atoms with Gasteiger partial charge in [0.2, 0.25) is 0 Å². The number of aromatic nitrogens is 1. The molecule has 0 aliphatic heterocycles. The van der Waals surface area contributed by atoms with E-state index in [9.17, 15) is 4.79 Å². The zero-order valence-electron chi connectivity index (χ0n) is 11.5. The summed E-state index contributed by atoms with van der Waals surface area (Å²) >= 11 is 0. The van der Waals surface area contributed by atoms with Gasteiger partial charge in [-0.3, -0.25) is 9.78 Å². The number of nitrogens with zero attached hydrogens (tertiary/aromatic N) is 1. The van der Waals surface area contributed by atoms with Gasteiger partial charge < -0.3 is 15.8 Å². The molecule has 2 rings (SSSR count). The van der Waals surface area contributed by atoms with Crippen molar-refractivity contribution in [2.75, 3.05) is 12.4 Å². The Hall–Kier alpha value is -2.40. The lowest BCUT2D eigenvalue weighted by molar-refractivity contribution is 0.102. The third kappa shape index (κ3) is 3.13. The number of nitrogens with two attached hydrogens (primary N) is 1. The Morgan fingerprint density at radius 2 is 2.15 bits per heavy atom. The quantitative estimate of drug-likeness (QED) is 0.892. The molecule has 0 bridgehead atoms. The van der Waals surface area contributed by atoms with E-state index in [1.54, 1.807) is 25.4 Å². The summed E-state index contributed by atoms with van der Waals surface area (Å²) in [4.78, 5) is 16.2. The Bertz CT molecular complexity index is 626. The predicted octanol–water partition coefficient (Wildman–Crippen LogP) is 2.11. The van der Waals surface area contributed by atoms with Crippen LogP contribution in [0, 0.1) is 6.92 Å². The lowest BCUT2D eigenvalue weighted by Gasteiger charge is -2.11. The monoisotopic (exact) mass is 271 g/mol. The Labute approximate surface area is 117 Å². The number of anilines is 1. The van der Waals surface area contributed by atoms with Crippen LogP contribution >= 0.6 is 0 Å². The highest BCUT2D eigenvalue weighted by Crippen LogP contribution is 2.26. The fraction of sp³-hybridized carbons (Fsp3) is 0.200. The summed E-state index contributed by atoms with van der Waals surface area (Å²) in [6.07, 6.45) is 3.23. The minimum absolute atomic E-state index is 0.222. The Kier molecular flexibility index (Phi) is 4.32. The Balaban J connectivity index is 2.23. The normalized spacial score (nSPS) is 10.2. The van der Waals surface area contributed by atoms with Gasteiger partial charge >= 0.3 is 0 Å². The van der Waals surface area contributed by atoms with Crippen LogP contribution in [-0.4, -0.2) is 18.0 Å². The first-order valence-corrected chi connectivity index (χ1v) is 6.24. The standard InChI is InChI=1S/C15H17N3O2/c1-10-5-12(9-17-8-10)15(19)18-13-4-3-11(7-16)6-14(13)20-2/h3-6,8-9H,7,16H2,1-2H3,(H,18,19). The second kappa shape index (κ2) is 6.16.